The van der Waals surface area contributed by atoms with E-state index in [9.17, 15) is 9.59 Å². The normalized spacial score (nSPS) is 16.4. The van der Waals surface area contributed by atoms with E-state index < -0.39 is 0 Å². The number of nitrogens with one attached hydrogen (secondary N) is 1. The smallest absolute Gasteiger partial charge is 0.250 e. The summed E-state index contributed by atoms with van der Waals surface area (Å²) in [5, 5.41) is 2.11. The maximum atomic E-state index is 10.3. The summed E-state index contributed by atoms with van der Waals surface area (Å²) < 4.78 is 0. The monoisotopic (exact) mass is 147 g/mol. The van der Waals surface area contributed by atoms with Gasteiger partial charge in [0.2, 0.25) is 11.8 Å². The molecule has 0 saturated heterocycles. The molecule has 0 aromatic heterocycles. The molecule has 9 heavy (non-hydrogen) atoms. The van der Waals surface area contributed by atoms with Crippen LogP contribution in [0, 0.1) is 0 Å². The third-order valence-corrected chi connectivity index (χ3v) is 0.835. The zero-order valence-electron chi connectivity index (χ0n) is 4.59. The number of carbonyl (C=O) groups excluding carboxylic acids is 2. The van der Waals surface area contributed by atoms with E-state index in [0.717, 1.165) is 0 Å². The van der Waals surface area contributed by atoms with E-state index in [2.05, 4.69) is 5.32 Å². The Bertz CT molecular complexity index is 164. The minimum Gasteiger partial charge on any atom is -0.293 e. The van der Waals surface area contributed by atoms with Gasteiger partial charge in [0, 0.05) is 6.42 Å². The molecule has 3 nitrogen and oxygen atoms in total. The lowest BCUT2D eigenvalue weighted by atomic mass is 10.3. The number of carbonyl (C=O) groups is 2. The van der Waals surface area contributed by atoms with Crippen LogP contribution in [0.1, 0.15) is 6.42 Å². The Kier molecular flexibility index (Phi) is 2.95. The predicted molar refractivity (Wildman–Crippen MR) is 34.2 cm³/mol. The topological polar surface area (TPSA) is 46.2 Å². The molecule has 0 spiro atoms. The Labute approximate surface area is 58.5 Å². The number of hydrogen-bond donors (Lipinski definition) is 1. The molecular formula is C5H6ClNO2. The van der Waals surface area contributed by atoms with Gasteiger partial charge in [0.05, 0.1) is 0 Å². The third kappa shape index (κ3) is 2.28. The van der Waals surface area contributed by atoms with Gasteiger partial charge in [0.15, 0.2) is 0 Å². The molecule has 0 atom stereocenters. The molecule has 50 valence electrons. The van der Waals surface area contributed by atoms with Crippen LogP contribution >= 0.6 is 12.4 Å². The fraction of sp³-hybridized carbons (Fsp3) is 0.200. The fourth-order valence-corrected chi connectivity index (χ4v) is 0.503. The van der Waals surface area contributed by atoms with Gasteiger partial charge >= 0.3 is 0 Å². The van der Waals surface area contributed by atoms with Crippen molar-refractivity contribution in [3.63, 3.8) is 0 Å². The van der Waals surface area contributed by atoms with Crippen molar-refractivity contribution in [3.05, 3.63) is 12.2 Å². The van der Waals surface area contributed by atoms with Crippen molar-refractivity contribution in [2.24, 2.45) is 0 Å². The highest BCUT2D eigenvalue weighted by Gasteiger charge is 2.06. The number of amides is 2. The average molecular weight is 148 g/mol. The maximum Gasteiger partial charge on any atom is 0.250 e. The van der Waals surface area contributed by atoms with Crippen LogP contribution in [0.15, 0.2) is 12.2 Å². The van der Waals surface area contributed by atoms with Crippen LogP contribution < -0.4 is 5.32 Å². The molecule has 1 rings (SSSR count). The molecule has 4 heteroatoms. The second kappa shape index (κ2) is 3.25. The molecule has 0 radical (unpaired) electrons. The van der Waals surface area contributed by atoms with Crippen LogP contribution in [0.2, 0.25) is 0 Å². The van der Waals surface area contributed by atoms with Gasteiger partial charge in [-0.25, -0.2) is 0 Å². The molecule has 0 saturated carbocycles. The minimum absolute atomic E-state index is 0. The Morgan fingerprint density at radius 2 is 2.11 bits per heavy atom. The Morgan fingerprint density at radius 3 is 2.44 bits per heavy atom. The standard InChI is InChI=1S/C5H5NO2.ClH/c7-4-2-1-3-5(8)6-4;/h1-2H,3H2,(H,6,7,8);1H. The molecular weight excluding hydrogens is 142 g/mol. The molecule has 1 aliphatic heterocycles. The van der Waals surface area contributed by atoms with Gasteiger partial charge in [0.1, 0.15) is 0 Å². The average Bonchev–Trinajstić information content (AvgIpc) is 1.64. The summed E-state index contributed by atoms with van der Waals surface area (Å²) in [6, 6.07) is 0. The van der Waals surface area contributed by atoms with Crippen molar-refractivity contribution >= 4 is 24.2 Å². The van der Waals surface area contributed by atoms with Gasteiger partial charge in [-0.2, -0.15) is 0 Å². The predicted octanol–water partition coefficient (Wildman–Crippen LogP) is 0.0109. The summed E-state index contributed by atoms with van der Waals surface area (Å²) in [4.78, 5) is 20.5. The van der Waals surface area contributed by atoms with Gasteiger partial charge in [-0.15, -0.1) is 12.4 Å². The minimum atomic E-state index is -0.318. The molecule has 1 N–H and O–H groups in total. The lowest BCUT2D eigenvalue weighted by molar-refractivity contribution is -0.128. The number of imide groups is 1. The molecule has 1 heterocycles. The van der Waals surface area contributed by atoms with Crippen LogP contribution in [0.3, 0.4) is 0 Å². The van der Waals surface area contributed by atoms with Gasteiger partial charge in [-0.1, -0.05) is 6.08 Å². The summed E-state index contributed by atoms with van der Waals surface area (Å²) in [5.74, 6) is -0.543. The summed E-state index contributed by atoms with van der Waals surface area (Å²) in [6.07, 6.45) is 3.22. The Morgan fingerprint density at radius 1 is 1.44 bits per heavy atom. The van der Waals surface area contributed by atoms with Crippen molar-refractivity contribution in [2.45, 2.75) is 6.42 Å². The largest absolute Gasteiger partial charge is 0.293 e. The van der Waals surface area contributed by atoms with E-state index in [-0.39, 0.29) is 24.2 Å². The van der Waals surface area contributed by atoms with Crippen LogP contribution in [0.5, 0.6) is 0 Å². The van der Waals surface area contributed by atoms with E-state index in [1.807, 2.05) is 0 Å². The lowest BCUT2D eigenvalue weighted by Crippen LogP contribution is -2.30. The number of hydrogen-bond acceptors (Lipinski definition) is 2. The first-order chi connectivity index (χ1) is 3.79. The third-order valence-electron chi connectivity index (χ3n) is 0.835. The summed E-state index contributed by atoms with van der Waals surface area (Å²) >= 11 is 0. The highest BCUT2D eigenvalue weighted by molar-refractivity contribution is 6.03. The van der Waals surface area contributed by atoms with Crippen LogP contribution in [-0.4, -0.2) is 11.8 Å². The second-order valence-electron chi connectivity index (χ2n) is 1.52. The lowest BCUT2D eigenvalue weighted by Gasteiger charge is -2.00. The van der Waals surface area contributed by atoms with Gasteiger partial charge in [-0.3, -0.25) is 14.9 Å². The van der Waals surface area contributed by atoms with Gasteiger partial charge in [-0.05, 0) is 6.08 Å². The molecule has 0 aromatic rings. The quantitative estimate of drug-likeness (QED) is 0.491. The van der Waals surface area contributed by atoms with Gasteiger partial charge in [0.25, 0.3) is 0 Å². The molecule has 0 aliphatic carbocycles. The summed E-state index contributed by atoms with van der Waals surface area (Å²) in [5.41, 5.74) is 0. The zero-order valence-corrected chi connectivity index (χ0v) is 5.40. The van der Waals surface area contributed by atoms with Crippen LogP contribution in [-0.2, 0) is 9.59 Å². The summed E-state index contributed by atoms with van der Waals surface area (Å²) in [6.45, 7) is 0. The number of halogens is 1. The second-order valence-corrected chi connectivity index (χ2v) is 1.52. The highest BCUT2D eigenvalue weighted by Crippen LogP contribution is 1.89. The van der Waals surface area contributed by atoms with Gasteiger partial charge < -0.3 is 0 Å². The SMILES string of the molecule is Cl.O=C1C=CCC(=O)N1. The first kappa shape index (κ1) is 8.17. The van der Waals surface area contributed by atoms with Crippen molar-refractivity contribution in [2.75, 3.05) is 0 Å². The molecule has 0 unspecified atom stereocenters. The van der Waals surface area contributed by atoms with Crippen molar-refractivity contribution in [1.29, 1.82) is 0 Å². The molecule has 0 aromatic carbocycles. The van der Waals surface area contributed by atoms with Crippen LogP contribution in [0.4, 0.5) is 0 Å². The summed E-state index contributed by atoms with van der Waals surface area (Å²) in [7, 11) is 0. The highest BCUT2D eigenvalue weighted by atomic mass is 35.5. The van der Waals surface area contributed by atoms with Crippen LogP contribution in [0.25, 0.3) is 0 Å². The molecule has 1 aliphatic rings. The van der Waals surface area contributed by atoms with E-state index >= 15 is 0 Å². The molecule has 2 amide bonds. The van der Waals surface area contributed by atoms with E-state index in [4.69, 9.17) is 0 Å². The number of rotatable bonds is 0. The molecule has 0 fully saturated rings. The van der Waals surface area contributed by atoms with E-state index in [1.54, 1.807) is 6.08 Å². The fourth-order valence-electron chi connectivity index (χ4n) is 0.503. The maximum absolute atomic E-state index is 10.3. The van der Waals surface area contributed by atoms with E-state index in [1.165, 1.54) is 6.08 Å². The van der Waals surface area contributed by atoms with Crippen molar-refractivity contribution < 1.29 is 9.59 Å². The first-order valence-electron chi connectivity index (χ1n) is 2.29. The van der Waals surface area contributed by atoms with Crippen molar-refractivity contribution in [3.8, 4) is 0 Å². The first-order valence-corrected chi connectivity index (χ1v) is 2.29. The van der Waals surface area contributed by atoms with E-state index in [0.29, 0.717) is 6.42 Å². The Hall–Kier alpha value is -0.830. The van der Waals surface area contributed by atoms with Crippen molar-refractivity contribution in [1.82, 2.24) is 5.32 Å². The Balaban J connectivity index is 0.000000640. The molecule has 0 bridgehead atoms. The zero-order chi connectivity index (χ0) is 5.98.